The molecule has 0 saturated carbocycles. The maximum absolute atomic E-state index is 11.8. The van der Waals surface area contributed by atoms with Crippen LogP contribution in [-0.4, -0.2) is 12.6 Å². The van der Waals surface area contributed by atoms with Gasteiger partial charge in [-0.1, -0.05) is 44.5 Å². The lowest BCUT2D eigenvalue weighted by Crippen LogP contribution is -2.07. The Morgan fingerprint density at radius 3 is 2.88 bits per heavy atom. The maximum atomic E-state index is 11.8. The van der Waals surface area contributed by atoms with Crippen LogP contribution in [0.4, 0.5) is 0 Å². The quantitative estimate of drug-likeness (QED) is 0.422. The molecule has 0 spiro atoms. The summed E-state index contributed by atoms with van der Waals surface area (Å²) in [6.45, 7) is 6.11. The van der Waals surface area contributed by atoms with E-state index >= 15 is 0 Å². The normalized spacial score (nSPS) is 9.47. The number of carbonyl (C=O) groups excluding carboxylic acids is 1. The largest absolute Gasteiger partial charge is 0.462 e. The van der Waals surface area contributed by atoms with Gasteiger partial charge in [0, 0.05) is 0 Å². The Balaban J connectivity index is 2.65. The van der Waals surface area contributed by atoms with E-state index in [4.69, 9.17) is 4.74 Å². The third-order valence-corrected chi connectivity index (χ3v) is 2.42. The summed E-state index contributed by atoms with van der Waals surface area (Å²) in [6.07, 6.45) is 4.80. The summed E-state index contributed by atoms with van der Waals surface area (Å²) in [5.41, 5.74) is 4.04. The number of carbonyl (C=O) groups is 1. The Bertz CT molecular complexity index is 415. The van der Waals surface area contributed by atoms with Gasteiger partial charge in [0.05, 0.1) is 12.2 Å². The van der Waals surface area contributed by atoms with Crippen LogP contribution in [0.15, 0.2) is 36.6 Å². The van der Waals surface area contributed by atoms with Gasteiger partial charge in [0.1, 0.15) is 0 Å². The molecular formula is C15H18O2. The average Bonchev–Trinajstić information content (AvgIpc) is 2.35. The highest BCUT2D eigenvalue weighted by molar-refractivity contribution is 5.93. The Morgan fingerprint density at radius 2 is 2.18 bits per heavy atom. The molecule has 0 fully saturated rings. The third kappa shape index (κ3) is 4.29. The van der Waals surface area contributed by atoms with Crippen LogP contribution in [0.5, 0.6) is 0 Å². The minimum Gasteiger partial charge on any atom is -0.462 e. The van der Waals surface area contributed by atoms with E-state index in [0.717, 1.165) is 24.8 Å². The zero-order chi connectivity index (χ0) is 12.5. The number of benzene rings is 1. The average molecular weight is 230 g/mol. The first-order valence-corrected chi connectivity index (χ1v) is 5.91. The van der Waals surface area contributed by atoms with E-state index in [1.165, 1.54) is 0 Å². The van der Waals surface area contributed by atoms with Crippen molar-refractivity contribution in [3.8, 4) is 0 Å². The van der Waals surface area contributed by atoms with E-state index < -0.39 is 0 Å². The highest BCUT2D eigenvalue weighted by Gasteiger charge is 2.09. The zero-order valence-corrected chi connectivity index (χ0v) is 10.2. The topological polar surface area (TPSA) is 26.3 Å². The van der Waals surface area contributed by atoms with Crippen LogP contribution < -0.4 is 0 Å². The second kappa shape index (κ2) is 7.48. The molecule has 0 heterocycles. The number of ether oxygens (including phenoxy) is 1. The first kappa shape index (κ1) is 13.3. The first-order valence-electron chi connectivity index (χ1n) is 5.91. The van der Waals surface area contributed by atoms with Crippen molar-refractivity contribution in [1.82, 2.24) is 0 Å². The molecular weight excluding hydrogens is 212 g/mol. The lowest BCUT2D eigenvalue weighted by Gasteiger charge is -2.06. The molecule has 1 aromatic rings. The molecule has 17 heavy (non-hydrogen) atoms. The SMILES string of the molecule is C=C=Cc1ccccc1C(=O)OCCCCC. The van der Waals surface area contributed by atoms with E-state index in [2.05, 4.69) is 19.2 Å². The van der Waals surface area contributed by atoms with Gasteiger partial charge in [0.2, 0.25) is 0 Å². The minimum absolute atomic E-state index is 0.275. The van der Waals surface area contributed by atoms with Crippen LogP contribution in [0, 0.1) is 0 Å². The van der Waals surface area contributed by atoms with E-state index in [0.29, 0.717) is 12.2 Å². The predicted molar refractivity (Wildman–Crippen MR) is 69.9 cm³/mol. The Labute approximate surface area is 103 Å². The number of unbranched alkanes of at least 4 members (excludes halogenated alkanes) is 2. The van der Waals surface area contributed by atoms with Gasteiger partial charge in [-0.05, 0) is 24.1 Å². The van der Waals surface area contributed by atoms with E-state index in [1.807, 2.05) is 18.2 Å². The molecule has 0 bridgehead atoms. The fraction of sp³-hybridized carbons (Fsp3) is 0.333. The van der Waals surface area contributed by atoms with Crippen LogP contribution in [0.3, 0.4) is 0 Å². The van der Waals surface area contributed by atoms with Crippen molar-refractivity contribution >= 4 is 12.0 Å². The van der Waals surface area contributed by atoms with Gasteiger partial charge in [-0.25, -0.2) is 4.79 Å². The van der Waals surface area contributed by atoms with Gasteiger partial charge in [-0.15, -0.1) is 5.73 Å². The maximum Gasteiger partial charge on any atom is 0.338 e. The summed E-state index contributed by atoms with van der Waals surface area (Å²) in [7, 11) is 0. The van der Waals surface area contributed by atoms with Crippen molar-refractivity contribution < 1.29 is 9.53 Å². The molecule has 0 radical (unpaired) electrons. The number of hydrogen-bond acceptors (Lipinski definition) is 2. The van der Waals surface area contributed by atoms with Crippen molar-refractivity contribution in [1.29, 1.82) is 0 Å². The highest BCUT2D eigenvalue weighted by atomic mass is 16.5. The van der Waals surface area contributed by atoms with Crippen molar-refractivity contribution in [2.24, 2.45) is 0 Å². The summed E-state index contributed by atoms with van der Waals surface area (Å²) in [6, 6.07) is 7.30. The molecule has 0 aliphatic rings. The van der Waals surface area contributed by atoms with Crippen molar-refractivity contribution in [3.05, 3.63) is 47.7 Å². The molecule has 0 N–H and O–H groups in total. The minimum atomic E-state index is -0.275. The Kier molecular flexibility index (Phi) is 5.84. The molecule has 1 rings (SSSR count). The summed E-state index contributed by atoms with van der Waals surface area (Å²) in [5.74, 6) is -0.275. The van der Waals surface area contributed by atoms with Gasteiger partial charge in [-0.2, -0.15) is 0 Å². The molecule has 0 aromatic heterocycles. The van der Waals surface area contributed by atoms with E-state index in [-0.39, 0.29) is 5.97 Å². The summed E-state index contributed by atoms with van der Waals surface area (Å²) in [4.78, 5) is 11.8. The number of rotatable bonds is 6. The monoisotopic (exact) mass is 230 g/mol. The fourth-order valence-corrected chi connectivity index (χ4v) is 1.51. The predicted octanol–water partition coefficient (Wildman–Crippen LogP) is 3.83. The molecule has 0 saturated heterocycles. The smallest absolute Gasteiger partial charge is 0.338 e. The van der Waals surface area contributed by atoms with Crippen LogP contribution in [0.25, 0.3) is 6.08 Å². The van der Waals surface area contributed by atoms with Gasteiger partial charge >= 0.3 is 5.97 Å². The second-order valence-electron chi connectivity index (χ2n) is 3.78. The Morgan fingerprint density at radius 1 is 1.41 bits per heavy atom. The fourth-order valence-electron chi connectivity index (χ4n) is 1.51. The van der Waals surface area contributed by atoms with E-state index in [9.17, 15) is 4.79 Å². The first-order chi connectivity index (χ1) is 8.29. The molecule has 0 atom stereocenters. The molecule has 90 valence electrons. The third-order valence-electron chi connectivity index (χ3n) is 2.42. The number of hydrogen-bond donors (Lipinski definition) is 0. The molecule has 0 aliphatic carbocycles. The van der Waals surface area contributed by atoms with Crippen LogP contribution in [-0.2, 0) is 4.74 Å². The van der Waals surface area contributed by atoms with Gasteiger partial charge < -0.3 is 4.74 Å². The van der Waals surface area contributed by atoms with Crippen molar-refractivity contribution in [2.75, 3.05) is 6.61 Å². The van der Waals surface area contributed by atoms with E-state index in [1.54, 1.807) is 12.1 Å². The zero-order valence-electron chi connectivity index (χ0n) is 10.2. The van der Waals surface area contributed by atoms with Crippen molar-refractivity contribution in [3.63, 3.8) is 0 Å². The lowest BCUT2D eigenvalue weighted by atomic mass is 10.1. The molecule has 0 unspecified atom stereocenters. The Hall–Kier alpha value is -1.79. The second-order valence-corrected chi connectivity index (χ2v) is 3.78. The van der Waals surface area contributed by atoms with Gasteiger partial charge in [0.15, 0.2) is 0 Å². The molecule has 0 amide bonds. The van der Waals surface area contributed by atoms with Gasteiger partial charge in [0.25, 0.3) is 0 Å². The van der Waals surface area contributed by atoms with Crippen LogP contribution >= 0.6 is 0 Å². The number of esters is 1. The lowest BCUT2D eigenvalue weighted by molar-refractivity contribution is 0.0498. The molecule has 1 aromatic carbocycles. The van der Waals surface area contributed by atoms with Crippen LogP contribution in [0.2, 0.25) is 0 Å². The molecule has 2 heteroatoms. The standard InChI is InChI=1S/C15H18O2/c1-3-5-8-12-17-15(16)14-11-7-6-10-13(14)9-4-2/h6-7,9-11H,2-3,5,8,12H2,1H3. The summed E-state index contributed by atoms with van der Waals surface area (Å²) < 4.78 is 5.21. The summed E-state index contributed by atoms with van der Waals surface area (Å²) >= 11 is 0. The van der Waals surface area contributed by atoms with Crippen LogP contribution in [0.1, 0.15) is 42.1 Å². The molecule has 0 aliphatic heterocycles. The molecule has 2 nitrogen and oxygen atoms in total. The van der Waals surface area contributed by atoms with Gasteiger partial charge in [-0.3, -0.25) is 0 Å². The highest BCUT2D eigenvalue weighted by Crippen LogP contribution is 2.12. The summed E-state index contributed by atoms with van der Waals surface area (Å²) in [5, 5.41) is 0. The van der Waals surface area contributed by atoms with Crippen molar-refractivity contribution in [2.45, 2.75) is 26.2 Å².